The van der Waals surface area contributed by atoms with Crippen molar-refractivity contribution in [1.29, 1.82) is 0 Å². The second-order valence-electron chi connectivity index (χ2n) is 4.82. The molecule has 0 saturated carbocycles. The lowest BCUT2D eigenvalue weighted by Crippen LogP contribution is -2.37. The lowest BCUT2D eigenvalue weighted by atomic mass is 10.1. The number of alkyl halides is 2. The molecule has 2 aromatic carbocycles. The summed E-state index contributed by atoms with van der Waals surface area (Å²) >= 11 is 12.6. The maximum atomic E-state index is 12.2. The molecule has 0 N–H and O–H groups in total. The molecular weight excluding hydrogens is 349 g/mol. The van der Waals surface area contributed by atoms with E-state index in [-0.39, 0.29) is 12.3 Å². The van der Waals surface area contributed by atoms with Gasteiger partial charge in [-0.1, -0.05) is 53.5 Å². The molecule has 6 heteroatoms. The average molecular weight is 366 g/mol. The zero-order valence-electron chi connectivity index (χ0n) is 13.3. The number of hydrogen-bond donors (Lipinski definition) is 0. The smallest absolute Gasteiger partial charge is 0.349 e. The van der Waals surface area contributed by atoms with Gasteiger partial charge in [-0.2, -0.15) is 0 Å². The Labute approximate surface area is 151 Å². The molecule has 24 heavy (non-hydrogen) atoms. The van der Waals surface area contributed by atoms with Gasteiger partial charge in [0.1, 0.15) is 5.75 Å². The molecule has 0 aliphatic carbocycles. The van der Waals surface area contributed by atoms with Crippen molar-refractivity contribution in [3.8, 4) is 5.75 Å². The first-order chi connectivity index (χ1) is 11.5. The predicted octanol–water partition coefficient (Wildman–Crippen LogP) is 4.55. The lowest BCUT2D eigenvalue weighted by Gasteiger charge is -2.20. The molecule has 0 aromatic heterocycles. The van der Waals surface area contributed by atoms with E-state index in [0.29, 0.717) is 17.0 Å². The molecule has 0 spiro atoms. The van der Waals surface area contributed by atoms with E-state index in [0.717, 1.165) is 0 Å². The monoisotopic (exact) mass is 365 g/mol. The number of aliphatic imine (C=N–C) groups is 1. The first-order valence-electron chi connectivity index (χ1n) is 7.32. The van der Waals surface area contributed by atoms with Crippen LogP contribution in [0.5, 0.6) is 5.75 Å². The molecule has 0 unspecified atom stereocenters. The van der Waals surface area contributed by atoms with Crippen LogP contribution in [0.1, 0.15) is 12.5 Å². The summed E-state index contributed by atoms with van der Waals surface area (Å²) < 4.78 is 8.18. The molecule has 0 fully saturated rings. The van der Waals surface area contributed by atoms with Crippen LogP contribution in [-0.4, -0.2) is 29.7 Å². The highest BCUT2D eigenvalue weighted by molar-refractivity contribution is 6.69. The van der Waals surface area contributed by atoms with E-state index in [2.05, 4.69) is 4.99 Å². The van der Waals surface area contributed by atoms with Gasteiger partial charge < -0.3 is 9.47 Å². The summed E-state index contributed by atoms with van der Waals surface area (Å²) in [5, 5.41) is 0. The Morgan fingerprint density at radius 1 is 1.08 bits per heavy atom. The second kappa shape index (κ2) is 8.18. The zero-order valence-corrected chi connectivity index (χ0v) is 14.8. The van der Waals surface area contributed by atoms with E-state index in [1.165, 1.54) is 0 Å². The zero-order chi connectivity index (χ0) is 17.6. The Bertz CT molecular complexity index is 713. The summed E-state index contributed by atoms with van der Waals surface area (Å²) in [6, 6.07) is 16.0. The molecule has 0 atom stereocenters. The van der Waals surface area contributed by atoms with Crippen molar-refractivity contribution in [3.05, 3.63) is 60.2 Å². The molecule has 126 valence electrons. The Hall–Kier alpha value is -2.04. The highest BCUT2D eigenvalue weighted by Gasteiger charge is 2.42. The van der Waals surface area contributed by atoms with E-state index in [1.807, 2.05) is 18.2 Å². The summed E-state index contributed by atoms with van der Waals surface area (Å²) in [6.45, 7) is 1.86. The van der Waals surface area contributed by atoms with Crippen LogP contribution >= 0.6 is 23.2 Å². The van der Waals surface area contributed by atoms with Gasteiger partial charge in [-0.25, -0.2) is 9.79 Å². The topological polar surface area (TPSA) is 47.9 Å². The fourth-order valence-electron chi connectivity index (χ4n) is 2.02. The Kier molecular flexibility index (Phi) is 6.23. The third-order valence-electron chi connectivity index (χ3n) is 3.19. The van der Waals surface area contributed by atoms with Gasteiger partial charge in [-0.05, 0) is 36.8 Å². The summed E-state index contributed by atoms with van der Waals surface area (Å²) in [7, 11) is 1.58. The lowest BCUT2D eigenvalue weighted by molar-refractivity contribution is -0.142. The maximum Gasteiger partial charge on any atom is 0.349 e. The second-order valence-corrected chi connectivity index (χ2v) is 6.15. The molecular formula is C18H17Cl2NO3. The SMILES string of the molecule is CCOC(=O)C(Cl)(Cl)C(=Nc1ccc(OC)cc1)c1ccccc1. The number of benzene rings is 2. The van der Waals surface area contributed by atoms with Crippen molar-refractivity contribution < 1.29 is 14.3 Å². The van der Waals surface area contributed by atoms with Crippen LogP contribution in [0.15, 0.2) is 59.6 Å². The largest absolute Gasteiger partial charge is 0.497 e. The molecule has 0 radical (unpaired) electrons. The molecule has 0 saturated heterocycles. The fraction of sp³-hybridized carbons (Fsp3) is 0.222. The molecule has 2 rings (SSSR count). The quantitative estimate of drug-likeness (QED) is 0.428. The van der Waals surface area contributed by atoms with Gasteiger partial charge in [0.2, 0.25) is 0 Å². The van der Waals surface area contributed by atoms with Crippen LogP contribution < -0.4 is 4.74 Å². The number of rotatable bonds is 6. The summed E-state index contributed by atoms with van der Waals surface area (Å²) in [4.78, 5) is 16.7. The van der Waals surface area contributed by atoms with Crippen LogP contribution in [0.2, 0.25) is 0 Å². The van der Waals surface area contributed by atoms with Crippen LogP contribution in [0.3, 0.4) is 0 Å². The van der Waals surface area contributed by atoms with Crippen molar-refractivity contribution >= 4 is 40.6 Å². The van der Waals surface area contributed by atoms with E-state index < -0.39 is 10.3 Å². The summed E-state index contributed by atoms with van der Waals surface area (Å²) in [5.74, 6) is -0.0620. The molecule has 0 bridgehead atoms. The Morgan fingerprint density at radius 3 is 2.25 bits per heavy atom. The number of halogens is 2. The average Bonchev–Trinajstić information content (AvgIpc) is 2.61. The van der Waals surface area contributed by atoms with Gasteiger partial charge in [-0.3, -0.25) is 0 Å². The number of methoxy groups -OCH3 is 1. The van der Waals surface area contributed by atoms with Gasteiger partial charge in [0.25, 0.3) is 4.33 Å². The van der Waals surface area contributed by atoms with Crippen molar-refractivity contribution in [1.82, 2.24) is 0 Å². The number of carbonyl (C=O) groups excluding carboxylic acids is 1. The molecule has 0 aliphatic heterocycles. The van der Waals surface area contributed by atoms with E-state index in [9.17, 15) is 4.79 Å². The standard InChI is InChI=1S/C18H17Cl2NO3/c1-3-24-17(22)18(19,20)16(13-7-5-4-6-8-13)21-14-9-11-15(23-2)12-10-14/h4-12H,3H2,1-2H3. The molecule has 2 aromatic rings. The minimum Gasteiger partial charge on any atom is -0.497 e. The van der Waals surface area contributed by atoms with E-state index >= 15 is 0 Å². The van der Waals surface area contributed by atoms with Crippen LogP contribution in [0.4, 0.5) is 5.69 Å². The summed E-state index contributed by atoms with van der Waals surface area (Å²) in [5.41, 5.74) is 1.42. The van der Waals surface area contributed by atoms with Crippen molar-refractivity contribution in [3.63, 3.8) is 0 Å². The first-order valence-corrected chi connectivity index (χ1v) is 8.08. The number of hydrogen-bond acceptors (Lipinski definition) is 4. The third kappa shape index (κ3) is 4.28. The number of esters is 1. The van der Waals surface area contributed by atoms with Gasteiger partial charge in [0.05, 0.1) is 25.1 Å². The van der Waals surface area contributed by atoms with Crippen molar-refractivity contribution in [2.75, 3.05) is 13.7 Å². The highest BCUT2D eigenvalue weighted by Crippen LogP contribution is 2.31. The normalized spacial score (nSPS) is 11.9. The minimum atomic E-state index is -1.92. The maximum absolute atomic E-state index is 12.2. The fourth-order valence-corrected chi connectivity index (χ4v) is 2.43. The number of carbonyl (C=O) groups is 1. The number of ether oxygens (including phenoxy) is 2. The first kappa shape index (κ1) is 18.3. The van der Waals surface area contributed by atoms with Crippen molar-refractivity contribution in [2.45, 2.75) is 11.3 Å². The van der Waals surface area contributed by atoms with Gasteiger partial charge in [0.15, 0.2) is 0 Å². The molecule has 4 nitrogen and oxygen atoms in total. The Balaban J connectivity index is 2.50. The Morgan fingerprint density at radius 2 is 1.71 bits per heavy atom. The molecule has 0 heterocycles. The molecule has 0 amide bonds. The minimum absolute atomic E-state index is 0.171. The van der Waals surface area contributed by atoms with Crippen LogP contribution in [0, 0.1) is 0 Å². The molecule has 0 aliphatic rings. The van der Waals surface area contributed by atoms with Gasteiger partial charge in [0, 0.05) is 0 Å². The van der Waals surface area contributed by atoms with E-state index in [4.69, 9.17) is 32.7 Å². The summed E-state index contributed by atoms with van der Waals surface area (Å²) in [6.07, 6.45) is 0. The van der Waals surface area contributed by atoms with Crippen LogP contribution in [0.25, 0.3) is 0 Å². The third-order valence-corrected chi connectivity index (χ3v) is 3.86. The van der Waals surface area contributed by atoms with Crippen LogP contribution in [-0.2, 0) is 9.53 Å². The highest BCUT2D eigenvalue weighted by atomic mass is 35.5. The number of nitrogens with zero attached hydrogens (tertiary/aromatic N) is 1. The predicted molar refractivity (Wildman–Crippen MR) is 96.7 cm³/mol. The van der Waals surface area contributed by atoms with E-state index in [1.54, 1.807) is 50.4 Å². The van der Waals surface area contributed by atoms with Gasteiger partial charge >= 0.3 is 5.97 Å². The van der Waals surface area contributed by atoms with Crippen molar-refractivity contribution in [2.24, 2.45) is 4.99 Å². The van der Waals surface area contributed by atoms with Gasteiger partial charge in [-0.15, -0.1) is 0 Å².